The van der Waals surface area contributed by atoms with Gasteiger partial charge in [-0.3, -0.25) is 0 Å². The van der Waals surface area contributed by atoms with E-state index >= 15 is 0 Å². The molecule has 0 saturated carbocycles. The van der Waals surface area contributed by atoms with Gasteiger partial charge in [-0.05, 0) is 35.4 Å². The molecule has 21 heavy (non-hydrogen) atoms. The lowest BCUT2D eigenvalue weighted by Crippen LogP contribution is -2.37. The summed E-state index contributed by atoms with van der Waals surface area (Å²) < 4.78 is 2.41. The molecule has 5 rings (SSSR count). The smallest absolute Gasteiger partial charge is 0.141 e. The minimum absolute atomic E-state index is 0.947. The third-order valence-electron chi connectivity index (χ3n) is 4.39. The number of hydrogen-bond acceptors (Lipinski definition) is 2. The van der Waals surface area contributed by atoms with Gasteiger partial charge in [-0.1, -0.05) is 36.4 Å². The first-order chi connectivity index (χ1) is 10.4. The predicted octanol–water partition coefficient (Wildman–Crippen LogP) is 2.75. The van der Waals surface area contributed by atoms with E-state index in [0.29, 0.717) is 0 Å². The van der Waals surface area contributed by atoms with E-state index < -0.39 is 0 Å². The highest BCUT2D eigenvalue weighted by Gasteiger charge is 2.23. The van der Waals surface area contributed by atoms with Crippen LogP contribution < -0.4 is 10.7 Å². The number of fused-ring (bicyclic) bond motifs is 2. The molecule has 1 aliphatic heterocycles. The molecular formula is C18H14N2S. The minimum Gasteiger partial charge on any atom is -0.319 e. The number of thiophene rings is 1. The summed E-state index contributed by atoms with van der Waals surface area (Å²) in [5.41, 5.74) is 4.15. The van der Waals surface area contributed by atoms with Gasteiger partial charge < -0.3 is 4.57 Å². The Morgan fingerprint density at radius 3 is 2.90 bits per heavy atom. The molecule has 0 N–H and O–H groups in total. The SMILES string of the molecule is C1=c2nc(-c3ccccc3)n3c2=C(CC1)c1sccc1C3. The summed E-state index contributed by atoms with van der Waals surface area (Å²) in [4.78, 5) is 6.42. The van der Waals surface area contributed by atoms with Crippen molar-refractivity contribution in [1.29, 1.82) is 0 Å². The zero-order chi connectivity index (χ0) is 13.8. The van der Waals surface area contributed by atoms with Crippen LogP contribution >= 0.6 is 11.3 Å². The number of nitrogens with zero attached hydrogens (tertiary/aromatic N) is 2. The monoisotopic (exact) mass is 290 g/mol. The van der Waals surface area contributed by atoms with Gasteiger partial charge in [-0.15, -0.1) is 11.3 Å². The van der Waals surface area contributed by atoms with Crippen molar-refractivity contribution >= 4 is 23.0 Å². The maximum Gasteiger partial charge on any atom is 0.141 e. The van der Waals surface area contributed by atoms with Gasteiger partial charge in [-0.25, -0.2) is 4.98 Å². The van der Waals surface area contributed by atoms with Crippen molar-refractivity contribution in [2.75, 3.05) is 0 Å². The van der Waals surface area contributed by atoms with E-state index in [2.05, 4.69) is 52.4 Å². The van der Waals surface area contributed by atoms with Gasteiger partial charge in [0.1, 0.15) is 5.82 Å². The van der Waals surface area contributed by atoms with E-state index in [1.807, 2.05) is 11.3 Å². The molecule has 0 amide bonds. The fraction of sp³-hybridized carbons (Fsp3) is 0.167. The summed E-state index contributed by atoms with van der Waals surface area (Å²) in [6.45, 7) is 0.947. The lowest BCUT2D eigenvalue weighted by atomic mass is 9.99. The molecule has 0 bridgehead atoms. The Balaban J connectivity index is 1.90. The fourth-order valence-electron chi connectivity index (χ4n) is 3.48. The highest BCUT2D eigenvalue weighted by molar-refractivity contribution is 7.11. The average molecular weight is 290 g/mol. The molecule has 2 aliphatic rings. The Bertz CT molecular complexity index is 961. The number of hydrogen-bond donors (Lipinski definition) is 0. The highest BCUT2D eigenvalue weighted by atomic mass is 32.1. The quantitative estimate of drug-likeness (QED) is 0.674. The van der Waals surface area contributed by atoms with Gasteiger partial charge in [0.25, 0.3) is 0 Å². The van der Waals surface area contributed by atoms with Crippen LogP contribution in [0.3, 0.4) is 0 Å². The Kier molecular flexibility index (Phi) is 2.29. The molecular weight excluding hydrogens is 276 g/mol. The minimum atomic E-state index is 0.947. The molecule has 1 aliphatic carbocycles. The number of aromatic nitrogens is 2. The fourth-order valence-corrected chi connectivity index (χ4v) is 4.47. The third kappa shape index (κ3) is 1.55. The molecule has 2 nitrogen and oxygen atoms in total. The number of rotatable bonds is 1. The van der Waals surface area contributed by atoms with Crippen molar-refractivity contribution in [2.45, 2.75) is 19.4 Å². The van der Waals surface area contributed by atoms with Crippen LogP contribution in [0.2, 0.25) is 0 Å². The Morgan fingerprint density at radius 2 is 2.00 bits per heavy atom. The normalized spacial score (nSPS) is 15.3. The number of benzene rings is 1. The van der Waals surface area contributed by atoms with Gasteiger partial charge >= 0.3 is 0 Å². The Labute approximate surface area is 126 Å². The maximum absolute atomic E-state index is 4.94. The van der Waals surface area contributed by atoms with Crippen LogP contribution in [0.25, 0.3) is 23.0 Å². The van der Waals surface area contributed by atoms with Crippen LogP contribution in [0.5, 0.6) is 0 Å². The van der Waals surface area contributed by atoms with Crippen LogP contribution in [0.15, 0.2) is 41.8 Å². The van der Waals surface area contributed by atoms with E-state index in [0.717, 1.165) is 25.2 Å². The highest BCUT2D eigenvalue weighted by Crippen LogP contribution is 2.32. The summed E-state index contributed by atoms with van der Waals surface area (Å²) in [5.74, 6) is 1.10. The molecule has 0 spiro atoms. The Hall–Kier alpha value is -2.13. The van der Waals surface area contributed by atoms with Crippen LogP contribution in [0, 0.1) is 0 Å². The predicted molar refractivity (Wildman–Crippen MR) is 86.5 cm³/mol. The second-order valence-corrected chi connectivity index (χ2v) is 6.53. The molecule has 0 unspecified atom stereocenters. The first-order valence-electron chi connectivity index (χ1n) is 7.34. The lowest BCUT2D eigenvalue weighted by molar-refractivity contribution is 0.760. The first kappa shape index (κ1) is 11.5. The first-order valence-corrected chi connectivity index (χ1v) is 8.22. The van der Waals surface area contributed by atoms with Gasteiger partial charge in [0.05, 0.1) is 17.2 Å². The second kappa shape index (κ2) is 4.18. The summed E-state index contributed by atoms with van der Waals surface area (Å²) in [6.07, 6.45) is 4.53. The Morgan fingerprint density at radius 1 is 1.10 bits per heavy atom. The van der Waals surface area contributed by atoms with Crippen molar-refractivity contribution in [3.05, 3.63) is 62.9 Å². The van der Waals surface area contributed by atoms with Crippen molar-refractivity contribution < 1.29 is 0 Å². The van der Waals surface area contributed by atoms with Gasteiger partial charge in [0.2, 0.25) is 0 Å². The van der Waals surface area contributed by atoms with Crippen molar-refractivity contribution in [1.82, 2.24) is 9.55 Å². The van der Waals surface area contributed by atoms with E-state index in [1.54, 1.807) is 0 Å². The summed E-state index contributed by atoms with van der Waals surface area (Å²) >= 11 is 1.88. The standard InChI is InChI=1S/C18H14N2S/c1-2-5-12(6-3-1)18-19-15-8-4-7-14-16(15)20(18)11-13-9-10-21-17(13)14/h1-3,5-6,8-10H,4,7,11H2. The molecule has 102 valence electrons. The van der Waals surface area contributed by atoms with E-state index in [-0.39, 0.29) is 0 Å². The zero-order valence-corrected chi connectivity index (χ0v) is 12.4. The second-order valence-electron chi connectivity index (χ2n) is 5.62. The molecule has 2 aromatic heterocycles. The maximum atomic E-state index is 4.94. The summed E-state index contributed by atoms with van der Waals surface area (Å²) in [5, 5.41) is 4.75. The molecule has 0 saturated heterocycles. The molecule has 0 atom stereocenters. The molecule has 1 aromatic carbocycles. The van der Waals surface area contributed by atoms with E-state index in [1.165, 1.54) is 32.3 Å². The largest absolute Gasteiger partial charge is 0.319 e. The van der Waals surface area contributed by atoms with Gasteiger partial charge in [0.15, 0.2) is 0 Å². The molecule has 0 fully saturated rings. The van der Waals surface area contributed by atoms with E-state index in [4.69, 9.17) is 4.98 Å². The summed E-state index contributed by atoms with van der Waals surface area (Å²) in [6, 6.07) is 12.8. The lowest BCUT2D eigenvalue weighted by Gasteiger charge is -2.19. The number of imidazole rings is 1. The average Bonchev–Trinajstić information content (AvgIpc) is 3.15. The summed E-state index contributed by atoms with van der Waals surface area (Å²) in [7, 11) is 0. The van der Waals surface area contributed by atoms with Gasteiger partial charge in [0, 0.05) is 10.4 Å². The van der Waals surface area contributed by atoms with Crippen LogP contribution in [-0.4, -0.2) is 9.55 Å². The van der Waals surface area contributed by atoms with E-state index in [9.17, 15) is 0 Å². The van der Waals surface area contributed by atoms with Crippen LogP contribution in [-0.2, 0) is 6.54 Å². The molecule has 0 radical (unpaired) electrons. The van der Waals surface area contributed by atoms with Crippen molar-refractivity contribution in [3.63, 3.8) is 0 Å². The van der Waals surface area contributed by atoms with Crippen molar-refractivity contribution in [3.8, 4) is 11.4 Å². The van der Waals surface area contributed by atoms with Crippen LogP contribution in [0.1, 0.15) is 23.3 Å². The molecule has 3 heteroatoms. The topological polar surface area (TPSA) is 17.8 Å². The van der Waals surface area contributed by atoms with Crippen molar-refractivity contribution in [2.24, 2.45) is 0 Å². The zero-order valence-electron chi connectivity index (χ0n) is 11.5. The van der Waals surface area contributed by atoms with Crippen LogP contribution in [0.4, 0.5) is 0 Å². The van der Waals surface area contributed by atoms with Gasteiger partial charge in [-0.2, -0.15) is 0 Å². The third-order valence-corrected chi connectivity index (χ3v) is 5.41. The molecule has 3 aromatic rings. The molecule has 3 heterocycles.